The van der Waals surface area contributed by atoms with Gasteiger partial charge in [0.2, 0.25) is 0 Å². The molecule has 1 aromatic carbocycles. The van der Waals surface area contributed by atoms with Crippen molar-refractivity contribution >= 4 is 5.97 Å². The maximum absolute atomic E-state index is 11.0. The summed E-state index contributed by atoms with van der Waals surface area (Å²) in [5.41, 5.74) is 0.929. The molecule has 0 aliphatic heterocycles. The normalized spacial score (nSPS) is 14.4. The first kappa shape index (κ1) is 10.8. The molecule has 1 aliphatic rings. The number of carboxylic acids is 1. The maximum Gasteiger partial charge on any atom is 0.335 e. The lowest BCUT2D eigenvalue weighted by Crippen LogP contribution is -2.01. The van der Waals surface area contributed by atoms with E-state index in [9.17, 15) is 4.79 Å². The number of hydrogen-bond acceptors (Lipinski definition) is 4. The van der Waals surface area contributed by atoms with Crippen LogP contribution in [-0.2, 0) is 0 Å². The third-order valence-electron chi connectivity index (χ3n) is 2.75. The summed E-state index contributed by atoms with van der Waals surface area (Å²) in [6.07, 6.45) is 3.75. The van der Waals surface area contributed by atoms with Gasteiger partial charge < -0.3 is 14.4 Å². The van der Waals surface area contributed by atoms with Gasteiger partial charge in [-0.1, -0.05) is 5.16 Å². The molecule has 0 amide bonds. The quantitative estimate of drug-likeness (QED) is 0.896. The maximum atomic E-state index is 11.0. The number of carbonyl (C=O) groups is 1. The van der Waals surface area contributed by atoms with Gasteiger partial charge in [-0.2, -0.15) is 0 Å². The second-order valence-electron chi connectivity index (χ2n) is 4.21. The standard InChI is InChI=1S/C13H11NO4/c15-13(16)8-1-4-10(11-5-6-14-18-11)12(7-8)17-9-2-3-9/h1,4-7,9H,2-3H2,(H,15,16). The molecule has 1 aromatic heterocycles. The number of nitrogens with zero attached hydrogens (tertiary/aromatic N) is 1. The first-order valence-electron chi connectivity index (χ1n) is 5.69. The van der Waals surface area contributed by atoms with Crippen LogP contribution in [0.5, 0.6) is 5.75 Å². The molecule has 92 valence electrons. The lowest BCUT2D eigenvalue weighted by atomic mass is 10.1. The van der Waals surface area contributed by atoms with Crippen molar-refractivity contribution in [1.29, 1.82) is 0 Å². The Bertz CT molecular complexity index is 573. The van der Waals surface area contributed by atoms with E-state index in [1.54, 1.807) is 18.3 Å². The third kappa shape index (κ3) is 2.07. The van der Waals surface area contributed by atoms with Gasteiger partial charge in [0.15, 0.2) is 5.76 Å². The van der Waals surface area contributed by atoms with Gasteiger partial charge in [0.1, 0.15) is 5.75 Å². The number of benzene rings is 1. The van der Waals surface area contributed by atoms with Crippen LogP contribution in [-0.4, -0.2) is 22.3 Å². The van der Waals surface area contributed by atoms with Crippen LogP contribution in [0.4, 0.5) is 0 Å². The van der Waals surface area contributed by atoms with Crippen LogP contribution >= 0.6 is 0 Å². The van der Waals surface area contributed by atoms with E-state index in [2.05, 4.69) is 5.16 Å². The Labute approximate surface area is 103 Å². The minimum Gasteiger partial charge on any atom is -0.490 e. The molecule has 1 aliphatic carbocycles. The molecule has 1 heterocycles. The number of ether oxygens (including phenoxy) is 1. The van der Waals surface area contributed by atoms with E-state index in [1.807, 2.05) is 0 Å². The predicted octanol–water partition coefficient (Wildman–Crippen LogP) is 2.58. The number of hydrogen-bond donors (Lipinski definition) is 1. The number of aromatic carboxylic acids is 1. The van der Waals surface area contributed by atoms with Crippen LogP contribution in [0, 0.1) is 0 Å². The molecule has 1 N–H and O–H groups in total. The van der Waals surface area contributed by atoms with Crippen molar-refractivity contribution in [3.8, 4) is 17.1 Å². The van der Waals surface area contributed by atoms with Crippen molar-refractivity contribution in [1.82, 2.24) is 5.16 Å². The van der Waals surface area contributed by atoms with E-state index in [1.165, 1.54) is 12.1 Å². The molecule has 0 atom stereocenters. The van der Waals surface area contributed by atoms with Gasteiger partial charge in [-0.05, 0) is 31.0 Å². The van der Waals surface area contributed by atoms with Gasteiger partial charge in [0.05, 0.1) is 23.4 Å². The summed E-state index contributed by atoms with van der Waals surface area (Å²) in [7, 11) is 0. The molecule has 0 spiro atoms. The third-order valence-corrected chi connectivity index (χ3v) is 2.75. The van der Waals surface area contributed by atoms with Crippen LogP contribution in [0.2, 0.25) is 0 Å². The van der Waals surface area contributed by atoms with E-state index in [-0.39, 0.29) is 11.7 Å². The molecule has 0 radical (unpaired) electrons. The van der Waals surface area contributed by atoms with Gasteiger partial charge in [-0.15, -0.1) is 0 Å². The molecule has 18 heavy (non-hydrogen) atoms. The minimum absolute atomic E-state index is 0.190. The van der Waals surface area contributed by atoms with Crippen LogP contribution < -0.4 is 4.74 Å². The summed E-state index contributed by atoms with van der Waals surface area (Å²) in [5, 5.41) is 12.6. The summed E-state index contributed by atoms with van der Waals surface area (Å²) in [5.74, 6) is 0.136. The molecule has 1 fully saturated rings. The second-order valence-corrected chi connectivity index (χ2v) is 4.21. The highest BCUT2D eigenvalue weighted by Gasteiger charge is 2.25. The zero-order chi connectivity index (χ0) is 12.5. The van der Waals surface area contributed by atoms with Gasteiger partial charge >= 0.3 is 5.97 Å². The Morgan fingerprint density at radius 1 is 1.39 bits per heavy atom. The number of carboxylic acid groups (broad SMARTS) is 1. The van der Waals surface area contributed by atoms with Crippen molar-refractivity contribution in [3.05, 3.63) is 36.0 Å². The van der Waals surface area contributed by atoms with Crippen molar-refractivity contribution < 1.29 is 19.2 Å². The van der Waals surface area contributed by atoms with Gasteiger partial charge in [0.25, 0.3) is 0 Å². The Hall–Kier alpha value is -2.30. The zero-order valence-electron chi connectivity index (χ0n) is 9.50. The van der Waals surface area contributed by atoms with Crippen molar-refractivity contribution in [2.75, 3.05) is 0 Å². The summed E-state index contributed by atoms with van der Waals surface area (Å²) < 4.78 is 10.8. The zero-order valence-corrected chi connectivity index (χ0v) is 9.50. The fourth-order valence-electron chi connectivity index (χ4n) is 1.68. The average molecular weight is 245 g/mol. The molecule has 0 saturated heterocycles. The van der Waals surface area contributed by atoms with E-state index >= 15 is 0 Å². The minimum atomic E-state index is -0.972. The average Bonchev–Trinajstić information content (AvgIpc) is 3.01. The van der Waals surface area contributed by atoms with Gasteiger partial charge in [0, 0.05) is 6.07 Å². The van der Waals surface area contributed by atoms with Crippen LogP contribution in [0.15, 0.2) is 35.0 Å². The first-order chi connectivity index (χ1) is 8.74. The monoisotopic (exact) mass is 245 g/mol. The molecular formula is C13H11NO4. The smallest absolute Gasteiger partial charge is 0.335 e. The van der Waals surface area contributed by atoms with Crippen LogP contribution in [0.25, 0.3) is 11.3 Å². The molecule has 3 rings (SSSR count). The Balaban J connectivity index is 2.03. The Morgan fingerprint density at radius 2 is 2.22 bits per heavy atom. The summed E-state index contributed by atoms with van der Waals surface area (Å²) >= 11 is 0. The predicted molar refractivity (Wildman–Crippen MR) is 62.5 cm³/mol. The highest BCUT2D eigenvalue weighted by atomic mass is 16.5. The van der Waals surface area contributed by atoms with Crippen molar-refractivity contribution in [2.24, 2.45) is 0 Å². The summed E-state index contributed by atoms with van der Waals surface area (Å²) in [6.45, 7) is 0. The lowest BCUT2D eigenvalue weighted by molar-refractivity contribution is 0.0696. The molecule has 1 saturated carbocycles. The van der Waals surface area contributed by atoms with Crippen molar-refractivity contribution in [3.63, 3.8) is 0 Å². The topological polar surface area (TPSA) is 72.6 Å². The summed E-state index contributed by atoms with van der Waals surface area (Å²) in [4.78, 5) is 11.0. The number of aromatic nitrogens is 1. The lowest BCUT2D eigenvalue weighted by Gasteiger charge is -2.09. The highest BCUT2D eigenvalue weighted by molar-refractivity contribution is 5.89. The van der Waals surface area contributed by atoms with Crippen LogP contribution in [0.3, 0.4) is 0 Å². The fourth-order valence-corrected chi connectivity index (χ4v) is 1.68. The molecule has 0 unspecified atom stereocenters. The van der Waals surface area contributed by atoms with E-state index < -0.39 is 5.97 Å². The first-order valence-corrected chi connectivity index (χ1v) is 5.69. The second kappa shape index (κ2) is 4.18. The Morgan fingerprint density at radius 3 is 2.83 bits per heavy atom. The highest BCUT2D eigenvalue weighted by Crippen LogP contribution is 2.35. The number of rotatable bonds is 4. The van der Waals surface area contributed by atoms with Gasteiger partial charge in [-0.25, -0.2) is 4.79 Å². The molecule has 2 aromatic rings. The SMILES string of the molecule is O=C(O)c1ccc(-c2ccno2)c(OC2CC2)c1. The molecule has 5 heteroatoms. The largest absolute Gasteiger partial charge is 0.490 e. The molecule has 5 nitrogen and oxygen atoms in total. The van der Waals surface area contributed by atoms with E-state index in [0.717, 1.165) is 18.4 Å². The van der Waals surface area contributed by atoms with Crippen LogP contribution in [0.1, 0.15) is 23.2 Å². The van der Waals surface area contributed by atoms with E-state index in [4.69, 9.17) is 14.4 Å². The van der Waals surface area contributed by atoms with Gasteiger partial charge in [-0.3, -0.25) is 0 Å². The fraction of sp³-hybridized carbons (Fsp3) is 0.231. The van der Waals surface area contributed by atoms with Crippen molar-refractivity contribution in [2.45, 2.75) is 18.9 Å². The summed E-state index contributed by atoms with van der Waals surface area (Å²) in [6, 6.07) is 6.45. The Kier molecular flexibility index (Phi) is 2.51. The molecular weight excluding hydrogens is 234 g/mol. The molecule has 0 bridgehead atoms. The van der Waals surface area contributed by atoms with E-state index in [0.29, 0.717) is 11.5 Å².